The quantitative estimate of drug-likeness (QED) is 0.899. The summed E-state index contributed by atoms with van der Waals surface area (Å²) in [6.07, 6.45) is 4.99. The molecule has 0 unspecified atom stereocenters. The first-order valence-electron chi connectivity index (χ1n) is 7.68. The number of benzene rings is 1. The number of hydrogen-bond donors (Lipinski definition) is 1. The Morgan fingerprint density at radius 3 is 2.40 bits per heavy atom. The Labute approximate surface area is 122 Å². The fourth-order valence-corrected chi connectivity index (χ4v) is 3.18. The highest BCUT2D eigenvalue weighted by Gasteiger charge is 2.24. The molecule has 1 aliphatic rings. The zero-order chi connectivity index (χ0) is 14.9. The number of nitrogens with zero attached hydrogens (tertiary/aromatic N) is 1. The molecule has 0 aromatic heterocycles. The van der Waals surface area contributed by atoms with Crippen LogP contribution in [0.2, 0.25) is 0 Å². The van der Waals surface area contributed by atoms with Crippen LogP contribution in [0.3, 0.4) is 0 Å². The lowest BCUT2D eigenvalue weighted by atomic mass is 9.86. The van der Waals surface area contributed by atoms with E-state index in [0.717, 1.165) is 17.2 Å². The van der Waals surface area contributed by atoms with Crippen LogP contribution in [-0.4, -0.2) is 13.1 Å². The van der Waals surface area contributed by atoms with Crippen LogP contribution in [0.5, 0.6) is 0 Å². The predicted molar refractivity (Wildman–Crippen MR) is 83.6 cm³/mol. The molecule has 1 saturated carbocycles. The van der Waals surface area contributed by atoms with Gasteiger partial charge in [0.25, 0.3) is 0 Å². The van der Waals surface area contributed by atoms with Gasteiger partial charge < -0.3 is 10.6 Å². The van der Waals surface area contributed by atoms with Gasteiger partial charge in [-0.15, -0.1) is 0 Å². The zero-order valence-electron chi connectivity index (χ0n) is 13.1. The standard InChI is InChI=1S/C17H27FN2/c1-11-5-7-14(8-6-11)20(4)17-9-12(2)16(18)10-15(17)13(3)19/h9-11,13-14H,5-8,19H2,1-4H3/t11?,13-,14?/m1/s1. The topological polar surface area (TPSA) is 29.3 Å². The van der Waals surface area contributed by atoms with Gasteiger partial charge in [0.15, 0.2) is 0 Å². The molecule has 0 bridgehead atoms. The molecule has 0 aliphatic heterocycles. The highest BCUT2D eigenvalue weighted by Crippen LogP contribution is 2.33. The molecule has 0 radical (unpaired) electrons. The normalized spacial score (nSPS) is 24.5. The second-order valence-electron chi connectivity index (χ2n) is 6.47. The van der Waals surface area contributed by atoms with Gasteiger partial charge >= 0.3 is 0 Å². The van der Waals surface area contributed by atoms with E-state index in [9.17, 15) is 4.39 Å². The lowest BCUT2D eigenvalue weighted by Crippen LogP contribution is -2.36. The van der Waals surface area contributed by atoms with Crippen molar-refractivity contribution in [2.24, 2.45) is 11.7 Å². The first kappa shape index (κ1) is 15.3. The van der Waals surface area contributed by atoms with Crippen molar-refractivity contribution >= 4 is 5.69 Å². The van der Waals surface area contributed by atoms with E-state index in [1.165, 1.54) is 25.7 Å². The molecule has 1 aliphatic carbocycles. The molecule has 1 aromatic carbocycles. The van der Waals surface area contributed by atoms with E-state index in [-0.39, 0.29) is 11.9 Å². The SMILES string of the molecule is Cc1cc(N(C)C2CCC(C)CC2)c([C@@H](C)N)cc1F. The Kier molecular flexibility index (Phi) is 4.69. The molecular weight excluding hydrogens is 251 g/mol. The predicted octanol–water partition coefficient (Wildman–Crippen LogP) is 4.17. The molecule has 0 amide bonds. The lowest BCUT2D eigenvalue weighted by Gasteiger charge is -2.36. The van der Waals surface area contributed by atoms with E-state index >= 15 is 0 Å². The van der Waals surface area contributed by atoms with E-state index in [0.29, 0.717) is 11.6 Å². The van der Waals surface area contributed by atoms with Crippen LogP contribution in [0.1, 0.15) is 56.7 Å². The maximum Gasteiger partial charge on any atom is 0.126 e. The van der Waals surface area contributed by atoms with Gasteiger partial charge in [0.2, 0.25) is 0 Å². The van der Waals surface area contributed by atoms with E-state index in [2.05, 4.69) is 18.9 Å². The summed E-state index contributed by atoms with van der Waals surface area (Å²) in [4.78, 5) is 2.32. The van der Waals surface area contributed by atoms with Crippen molar-refractivity contribution < 1.29 is 4.39 Å². The largest absolute Gasteiger partial charge is 0.371 e. The summed E-state index contributed by atoms with van der Waals surface area (Å²) in [7, 11) is 2.12. The summed E-state index contributed by atoms with van der Waals surface area (Å²) in [5, 5.41) is 0. The maximum atomic E-state index is 13.8. The number of halogens is 1. The molecule has 0 saturated heterocycles. The van der Waals surface area contributed by atoms with Crippen LogP contribution in [0.15, 0.2) is 12.1 Å². The Hall–Kier alpha value is -1.09. The third kappa shape index (κ3) is 3.14. The molecule has 0 spiro atoms. The summed E-state index contributed by atoms with van der Waals surface area (Å²) < 4.78 is 13.8. The van der Waals surface area contributed by atoms with Gasteiger partial charge in [-0.3, -0.25) is 0 Å². The summed E-state index contributed by atoms with van der Waals surface area (Å²) in [6.45, 7) is 6.07. The second-order valence-corrected chi connectivity index (χ2v) is 6.47. The number of hydrogen-bond acceptors (Lipinski definition) is 2. The van der Waals surface area contributed by atoms with Crippen molar-refractivity contribution in [2.45, 2.75) is 58.5 Å². The van der Waals surface area contributed by atoms with E-state index in [1.54, 1.807) is 6.07 Å². The van der Waals surface area contributed by atoms with Crippen molar-refractivity contribution in [2.75, 3.05) is 11.9 Å². The van der Waals surface area contributed by atoms with Gasteiger partial charge in [-0.25, -0.2) is 4.39 Å². The molecular formula is C17H27FN2. The third-order valence-electron chi connectivity index (χ3n) is 4.71. The van der Waals surface area contributed by atoms with Crippen LogP contribution in [-0.2, 0) is 0 Å². The minimum Gasteiger partial charge on any atom is -0.371 e. The van der Waals surface area contributed by atoms with Gasteiger partial charge in [0, 0.05) is 24.8 Å². The second kappa shape index (κ2) is 6.13. The first-order chi connectivity index (χ1) is 9.40. The van der Waals surface area contributed by atoms with Crippen molar-refractivity contribution in [3.05, 3.63) is 29.1 Å². The van der Waals surface area contributed by atoms with E-state index in [4.69, 9.17) is 5.73 Å². The molecule has 112 valence electrons. The zero-order valence-corrected chi connectivity index (χ0v) is 13.1. The molecule has 3 heteroatoms. The number of anilines is 1. The van der Waals surface area contributed by atoms with Gasteiger partial charge in [0.05, 0.1) is 0 Å². The smallest absolute Gasteiger partial charge is 0.126 e. The summed E-state index contributed by atoms with van der Waals surface area (Å²) in [5.74, 6) is 0.675. The summed E-state index contributed by atoms with van der Waals surface area (Å²) in [5.41, 5.74) is 8.73. The Bertz CT molecular complexity index is 462. The van der Waals surface area contributed by atoms with Crippen LogP contribution in [0.25, 0.3) is 0 Å². The Morgan fingerprint density at radius 2 is 1.85 bits per heavy atom. The molecule has 2 nitrogen and oxygen atoms in total. The molecule has 1 atom stereocenters. The molecule has 20 heavy (non-hydrogen) atoms. The van der Waals surface area contributed by atoms with Gasteiger partial charge in [-0.1, -0.05) is 6.92 Å². The van der Waals surface area contributed by atoms with Crippen LogP contribution in [0.4, 0.5) is 10.1 Å². The molecule has 2 rings (SSSR count). The highest BCUT2D eigenvalue weighted by molar-refractivity contribution is 5.57. The fourth-order valence-electron chi connectivity index (χ4n) is 3.18. The number of nitrogens with two attached hydrogens (primary N) is 1. The van der Waals surface area contributed by atoms with Gasteiger partial charge in [-0.2, -0.15) is 0 Å². The fraction of sp³-hybridized carbons (Fsp3) is 0.647. The van der Waals surface area contributed by atoms with Crippen molar-refractivity contribution in [3.63, 3.8) is 0 Å². The van der Waals surface area contributed by atoms with Gasteiger partial charge in [0.1, 0.15) is 5.82 Å². The van der Waals surface area contributed by atoms with Crippen molar-refractivity contribution in [3.8, 4) is 0 Å². The van der Waals surface area contributed by atoms with Gasteiger partial charge in [-0.05, 0) is 68.7 Å². The van der Waals surface area contributed by atoms with Crippen LogP contribution in [0, 0.1) is 18.7 Å². The molecule has 1 aromatic rings. The third-order valence-corrected chi connectivity index (χ3v) is 4.71. The van der Waals surface area contributed by atoms with Crippen molar-refractivity contribution in [1.29, 1.82) is 0 Å². The monoisotopic (exact) mass is 278 g/mol. The molecule has 1 fully saturated rings. The first-order valence-corrected chi connectivity index (χ1v) is 7.68. The number of rotatable bonds is 3. The summed E-state index contributed by atoms with van der Waals surface area (Å²) >= 11 is 0. The highest BCUT2D eigenvalue weighted by atomic mass is 19.1. The average molecular weight is 278 g/mol. The minimum absolute atomic E-state index is 0.148. The summed E-state index contributed by atoms with van der Waals surface area (Å²) in [6, 6.07) is 3.96. The Morgan fingerprint density at radius 1 is 1.25 bits per heavy atom. The van der Waals surface area contributed by atoms with Crippen LogP contribution >= 0.6 is 0 Å². The number of aryl methyl sites for hydroxylation is 1. The van der Waals surface area contributed by atoms with E-state index < -0.39 is 0 Å². The Balaban J connectivity index is 2.28. The van der Waals surface area contributed by atoms with Crippen molar-refractivity contribution in [1.82, 2.24) is 0 Å². The van der Waals surface area contributed by atoms with Crippen LogP contribution < -0.4 is 10.6 Å². The average Bonchev–Trinajstić information content (AvgIpc) is 2.41. The minimum atomic E-state index is -0.160. The lowest BCUT2D eigenvalue weighted by molar-refractivity contribution is 0.340. The molecule has 2 N–H and O–H groups in total. The van der Waals surface area contributed by atoms with E-state index in [1.807, 2.05) is 19.9 Å². The maximum absolute atomic E-state index is 13.8. The molecule has 0 heterocycles.